The van der Waals surface area contributed by atoms with Crippen LogP contribution in [0.3, 0.4) is 0 Å². The Balaban J connectivity index is 1.63. The van der Waals surface area contributed by atoms with Gasteiger partial charge in [0.05, 0.1) is 13.2 Å². The third kappa shape index (κ3) is 4.19. The van der Waals surface area contributed by atoms with Crippen molar-refractivity contribution in [3.8, 4) is 0 Å². The zero-order chi connectivity index (χ0) is 12.8. The van der Waals surface area contributed by atoms with Crippen LogP contribution >= 0.6 is 0 Å². The summed E-state index contributed by atoms with van der Waals surface area (Å²) in [5, 5.41) is 3.53. The Labute approximate surface area is 112 Å². The predicted molar refractivity (Wildman–Crippen MR) is 75.0 cm³/mol. The van der Waals surface area contributed by atoms with Gasteiger partial charge in [0, 0.05) is 25.2 Å². The van der Waals surface area contributed by atoms with Crippen molar-refractivity contribution in [3.05, 3.63) is 0 Å². The summed E-state index contributed by atoms with van der Waals surface area (Å²) in [5.41, 5.74) is 0. The Morgan fingerprint density at radius 3 is 3.06 bits per heavy atom. The maximum Gasteiger partial charge on any atom is 0.0620 e. The molecule has 0 aliphatic carbocycles. The van der Waals surface area contributed by atoms with Crippen LogP contribution in [0, 0.1) is 0 Å². The number of nitrogens with zero attached hydrogens (tertiary/aromatic N) is 2. The monoisotopic (exact) mass is 255 g/mol. The maximum atomic E-state index is 5.49. The van der Waals surface area contributed by atoms with Crippen molar-refractivity contribution >= 4 is 0 Å². The van der Waals surface area contributed by atoms with Crippen molar-refractivity contribution in [2.24, 2.45) is 0 Å². The molecule has 2 atom stereocenters. The highest BCUT2D eigenvalue weighted by Crippen LogP contribution is 2.17. The Kier molecular flexibility index (Phi) is 5.89. The van der Waals surface area contributed by atoms with Gasteiger partial charge in [-0.1, -0.05) is 6.92 Å². The molecule has 0 spiro atoms. The Morgan fingerprint density at radius 1 is 1.44 bits per heavy atom. The van der Waals surface area contributed by atoms with Crippen LogP contribution in [-0.2, 0) is 4.74 Å². The van der Waals surface area contributed by atoms with E-state index in [1.165, 1.54) is 45.4 Å². The number of morpholine rings is 1. The largest absolute Gasteiger partial charge is 0.379 e. The number of nitrogens with one attached hydrogen (secondary N) is 1. The molecule has 0 bridgehead atoms. The van der Waals surface area contributed by atoms with E-state index in [4.69, 9.17) is 4.74 Å². The molecular formula is C14H29N3O. The Morgan fingerprint density at radius 2 is 2.33 bits per heavy atom. The lowest BCUT2D eigenvalue weighted by Gasteiger charge is -2.30. The molecule has 2 fully saturated rings. The molecule has 2 aliphatic heterocycles. The smallest absolute Gasteiger partial charge is 0.0620 e. The Hall–Kier alpha value is -0.160. The highest BCUT2D eigenvalue weighted by molar-refractivity contribution is 4.81. The zero-order valence-corrected chi connectivity index (χ0v) is 12.0. The fourth-order valence-corrected chi connectivity index (χ4v) is 3.15. The van der Waals surface area contributed by atoms with Crippen LogP contribution in [0.25, 0.3) is 0 Å². The highest BCUT2D eigenvalue weighted by Gasteiger charge is 2.24. The molecule has 4 heteroatoms. The second kappa shape index (κ2) is 7.43. The van der Waals surface area contributed by atoms with E-state index < -0.39 is 0 Å². The first kappa shape index (κ1) is 14.3. The van der Waals surface area contributed by atoms with Gasteiger partial charge in [0.25, 0.3) is 0 Å². The molecule has 1 N–H and O–H groups in total. The van der Waals surface area contributed by atoms with Gasteiger partial charge in [-0.25, -0.2) is 0 Å². The molecule has 18 heavy (non-hydrogen) atoms. The average Bonchev–Trinajstić information content (AvgIpc) is 2.85. The second-order valence-corrected chi connectivity index (χ2v) is 5.70. The van der Waals surface area contributed by atoms with Gasteiger partial charge in [0.2, 0.25) is 0 Å². The summed E-state index contributed by atoms with van der Waals surface area (Å²) >= 11 is 0. The summed E-state index contributed by atoms with van der Waals surface area (Å²) in [6.45, 7) is 9.96. The van der Waals surface area contributed by atoms with Crippen LogP contribution in [0.2, 0.25) is 0 Å². The summed E-state index contributed by atoms with van der Waals surface area (Å²) in [6.07, 6.45) is 3.96. The van der Waals surface area contributed by atoms with Gasteiger partial charge in [-0.15, -0.1) is 0 Å². The van der Waals surface area contributed by atoms with E-state index in [1.54, 1.807) is 0 Å². The highest BCUT2D eigenvalue weighted by atomic mass is 16.5. The summed E-state index contributed by atoms with van der Waals surface area (Å²) < 4.78 is 5.49. The van der Waals surface area contributed by atoms with E-state index in [0.29, 0.717) is 6.04 Å². The quantitative estimate of drug-likeness (QED) is 0.759. The van der Waals surface area contributed by atoms with Crippen LogP contribution < -0.4 is 5.32 Å². The van der Waals surface area contributed by atoms with E-state index >= 15 is 0 Å². The molecule has 0 aromatic carbocycles. The number of rotatable bonds is 6. The predicted octanol–water partition coefficient (Wildman–Crippen LogP) is 0.781. The molecule has 0 aromatic heterocycles. The molecule has 2 rings (SSSR count). The van der Waals surface area contributed by atoms with E-state index in [2.05, 4.69) is 29.1 Å². The first-order valence-electron chi connectivity index (χ1n) is 7.53. The van der Waals surface area contributed by atoms with Crippen molar-refractivity contribution in [1.29, 1.82) is 0 Å². The minimum atomic E-state index is 0.562. The number of likely N-dealkylation sites (N-methyl/N-ethyl adjacent to an activating group) is 2. The van der Waals surface area contributed by atoms with Crippen LogP contribution in [0.4, 0.5) is 0 Å². The lowest BCUT2D eigenvalue weighted by molar-refractivity contribution is 0.0699. The molecule has 106 valence electrons. The minimum Gasteiger partial charge on any atom is -0.379 e. The fourth-order valence-electron chi connectivity index (χ4n) is 3.15. The van der Waals surface area contributed by atoms with Crippen molar-refractivity contribution in [2.45, 2.75) is 38.3 Å². The number of hydrogen-bond donors (Lipinski definition) is 1. The van der Waals surface area contributed by atoms with Gasteiger partial charge in [0.1, 0.15) is 0 Å². The molecule has 2 aliphatic rings. The lowest BCUT2D eigenvalue weighted by atomic mass is 10.1. The first-order chi connectivity index (χ1) is 8.79. The number of ether oxygens (including phenoxy) is 1. The van der Waals surface area contributed by atoms with E-state index in [1.807, 2.05) is 0 Å². The third-order valence-corrected chi connectivity index (χ3v) is 4.29. The van der Waals surface area contributed by atoms with Crippen LogP contribution in [0.1, 0.15) is 26.2 Å². The second-order valence-electron chi connectivity index (χ2n) is 5.70. The molecule has 0 saturated carbocycles. The van der Waals surface area contributed by atoms with Gasteiger partial charge in [0.15, 0.2) is 0 Å². The molecule has 0 radical (unpaired) electrons. The van der Waals surface area contributed by atoms with Crippen LogP contribution in [0.15, 0.2) is 0 Å². The fraction of sp³-hybridized carbons (Fsp3) is 1.00. The summed E-state index contributed by atoms with van der Waals surface area (Å²) in [7, 11) is 2.26. The first-order valence-corrected chi connectivity index (χ1v) is 7.53. The van der Waals surface area contributed by atoms with Gasteiger partial charge in [-0.05, 0) is 45.9 Å². The maximum absolute atomic E-state index is 5.49. The van der Waals surface area contributed by atoms with Gasteiger partial charge in [-0.3, -0.25) is 4.90 Å². The normalized spacial score (nSPS) is 30.2. The summed E-state index contributed by atoms with van der Waals surface area (Å²) in [4.78, 5) is 5.12. The van der Waals surface area contributed by atoms with Crippen LogP contribution in [-0.4, -0.2) is 74.9 Å². The van der Waals surface area contributed by atoms with Crippen molar-refractivity contribution < 1.29 is 4.74 Å². The van der Waals surface area contributed by atoms with Crippen molar-refractivity contribution in [2.75, 3.05) is 53.0 Å². The SMILES string of the molecule is CCN1CCCC1CN(C)CCC1COCCN1. The average molecular weight is 255 g/mol. The lowest BCUT2D eigenvalue weighted by Crippen LogP contribution is -2.44. The molecule has 4 nitrogen and oxygen atoms in total. The standard InChI is InChI=1S/C14H29N3O/c1-3-17-8-4-5-14(17)11-16(2)9-6-13-12-18-10-7-15-13/h13-15H,3-12H2,1-2H3. The van der Waals surface area contributed by atoms with E-state index in [0.717, 1.165) is 25.8 Å². The molecular weight excluding hydrogens is 226 g/mol. The number of hydrogen-bond acceptors (Lipinski definition) is 4. The third-order valence-electron chi connectivity index (χ3n) is 4.29. The summed E-state index contributed by atoms with van der Waals surface area (Å²) in [5.74, 6) is 0. The van der Waals surface area contributed by atoms with Crippen LogP contribution in [0.5, 0.6) is 0 Å². The Bertz CT molecular complexity index is 231. The number of likely N-dealkylation sites (tertiary alicyclic amines) is 1. The summed E-state index contributed by atoms with van der Waals surface area (Å²) in [6, 6.07) is 1.35. The topological polar surface area (TPSA) is 27.7 Å². The molecule has 2 unspecified atom stereocenters. The van der Waals surface area contributed by atoms with Gasteiger partial charge >= 0.3 is 0 Å². The minimum absolute atomic E-state index is 0.562. The van der Waals surface area contributed by atoms with Gasteiger partial charge < -0.3 is 15.0 Å². The van der Waals surface area contributed by atoms with Crippen molar-refractivity contribution in [3.63, 3.8) is 0 Å². The molecule has 0 amide bonds. The van der Waals surface area contributed by atoms with E-state index in [9.17, 15) is 0 Å². The molecule has 2 heterocycles. The zero-order valence-electron chi connectivity index (χ0n) is 12.0. The van der Waals surface area contributed by atoms with Crippen molar-refractivity contribution in [1.82, 2.24) is 15.1 Å². The molecule has 2 saturated heterocycles. The molecule has 0 aromatic rings. The van der Waals surface area contributed by atoms with Gasteiger partial charge in [-0.2, -0.15) is 0 Å². The van der Waals surface area contributed by atoms with E-state index in [-0.39, 0.29) is 0 Å².